The summed E-state index contributed by atoms with van der Waals surface area (Å²) < 4.78 is 5.55. The lowest BCUT2D eigenvalue weighted by Crippen LogP contribution is -2.29. The molecule has 0 aliphatic carbocycles. The van der Waals surface area contributed by atoms with Crippen LogP contribution in [0.1, 0.15) is 30.2 Å². The third kappa shape index (κ3) is 3.25. The van der Waals surface area contributed by atoms with Gasteiger partial charge in [-0.1, -0.05) is 13.3 Å². The van der Waals surface area contributed by atoms with Crippen molar-refractivity contribution in [3.05, 3.63) is 16.8 Å². The zero-order valence-electron chi connectivity index (χ0n) is 12.0. The van der Waals surface area contributed by atoms with Gasteiger partial charge in [-0.2, -0.15) is 0 Å². The molecule has 2 rings (SSSR count). The number of hydrogen-bond donors (Lipinski definition) is 1. The second-order valence-electron chi connectivity index (χ2n) is 4.63. The van der Waals surface area contributed by atoms with Gasteiger partial charge in [0.1, 0.15) is 11.2 Å². The second-order valence-corrected chi connectivity index (χ2v) is 5.84. The molecule has 6 heteroatoms. The van der Waals surface area contributed by atoms with E-state index >= 15 is 0 Å². The summed E-state index contributed by atoms with van der Waals surface area (Å²) in [5.74, 6) is 0.373. The van der Waals surface area contributed by atoms with Gasteiger partial charge in [0.25, 0.3) is 5.91 Å². The Bertz CT molecular complexity index is 610. The van der Waals surface area contributed by atoms with Crippen molar-refractivity contribution in [2.45, 2.75) is 33.6 Å². The molecular formula is C14H19N3O2S. The lowest BCUT2D eigenvalue weighted by molar-refractivity contribution is -0.123. The fraction of sp³-hybridized carbons (Fsp3) is 0.500. The van der Waals surface area contributed by atoms with Gasteiger partial charge in [0.2, 0.25) is 5.88 Å². The van der Waals surface area contributed by atoms with Crippen LogP contribution in [0, 0.1) is 13.8 Å². The standard InChI is InChI=1S/C14H19N3O2S/c1-4-5-6-15-11(18)7-19-13-12-9(2)10(3)20-14(12)17-8-16-13/h8H,4-7H2,1-3H3,(H,15,18). The molecule has 0 aliphatic heterocycles. The van der Waals surface area contributed by atoms with E-state index in [0.717, 1.165) is 28.6 Å². The highest BCUT2D eigenvalue weighted by Crippen LogP contribution is 2.33. The van der Waals surface area contributed by atoms with Gasteiger partial charge in [-0.15, -0.1) is 11.3 Å². The minimum Gasteiger partial charge on any atom is -0.467 e. The molecule has 0 aromatic carbocycles. The quantitative estimate of drug-likeness (QED) is 0.832. The average Bonchev–Trinajstić information content (AvgIpc) is 2.73. The Labute approximate surface area is 122 Å². The summed E-state index contributed by atoms with van der Waals surface area (Å²) in [5, 5.41) is 3.73. The fourth-order valence-corrected chi connectivity index (χ4v) is 2.84. The molecule has 0 fully saturated rings. The van der Waals surface area contributed by atoms with Crippen LogP contribution < -0.4 is 10.1 Å². The topological polar surface area (TPSA) is 64.1 Å². The number of nitrogens with zero attached hydrogens (tertiary/aromatic N) is 2. The summed E-state index contributed by atoms with van der Waals surface area (Å²) in [5.41, 5.74) is 1.12. The van der Waals surface area contributed by atoms with E-state index in [2.05, 4.69) is 22.2 Å². The van der Waals surface area contributed by atoms with E-state index in [9.17, 15) is 4.79 Å². The molecule has 1 amide bonds. The first-order chi connectivity index (χ1) is 9.63. The number of ether oxygens (including phenoxy) is 1. The summed E-state index contributed by atoms with van der Waals surface area (Å²) in [6, 6.07) is 0. The van der Waals surface area contributed by atoms with Gasteiger partial charge in [-0.05, 0) is 25.8 Å². The van der Waals surface area contributed by atoms with Gasteiger partial charge in [0.15, 0.2) is 6.61 Å². The van der Waals surface area contributed by atoms with E-state index < -0.39 is 0 Å². The first-order valence-corrected chi connectivity index (χ1v) is 7.55. The molecule has 2 aromatic heterocycles. The van der Waals surface area contributed by atoms with Crippen molar-refractivity contribution >= 4 is 27.5 Å². The highest BCUT2D eigenvalue weighted by Gasteiger charge is 2.13. The predicted octanol–water partition coefficient (Wildman–Crippen LogP) is 2.60. The van der Waals surface area contributed by atoms with Crippen molar-refractivity contribution in [1.82, 2.24) is 15.3 Å². The third-order valence-electron chi connectivity index (χ3n) is 3.12. The predicted molar refractivity (Wildman–Crippen MR) is 80.3 cm³/mol. The van der Waals surface area contributed by atoms with Crippen LogP contribution in [0.5, 0.6) is 5.88 Å². The second kappa shape index (κ2) is 6.65. The molecule has 20 heavy (non-hydrogen) atoms. The Morgan fingerprint density at radius 3 is 2.95 bits per heavy atom. The summed E-state index contributed by atoms with van der Waals surface area (Å²) in [7, 11) is 0. The van der Waals surface area contributed by atoms with Crippen molar-refractivity contribution in [2.75, 3.05) is 13.2 Å². The molecule has 0 radical (unpaired) electrons. The minimum atomic E-state index is -0.116. The molecule has 108 valence electrons. The fourth-order valence-electron chi connectivity index (χ4n) is 1.85. The number of carbonyl (C=O) groups is 1. The molecule has 0 spiro atoms. The first-order valence-electron chi connectivity index (χ1n) is 6.73. The largest absolute Gasteiger partial charge is 0.467 e. The summed E-state index contributed by atoms with van der Waals surface area (Å²) in [6.07, 6.45) is 3.51. The third-order valence-corrected chi connectivity index (χ3v) is 4.24. The number of unbranched alkanes of at least 4 members (excludes halogenated alkanes) is 1. The van der Waals surface area contributed by atoms with E-state index in [-0.39, 0.29) is 12.5 Å². The Morgan fingerprint density at radius 1 is 1.40 bits per heavy atom. The maximum absolute atomic E-state index is 11.6. The number of amides is 1. The molecule has 5 nitrogen and oxygen atoms in total. The van der Waals surface area contributed by atoms with E-state index in [1.165, 1.54) is 11.2 Å². The monoisotopic (exact) mass is 293 g/mol. The van der Waals surface area contributed by atoms with Gasteiger partial charge in [0, 0.05) is 11.4 Å². The lowest BCUT2D eigenvalue weighted by Gasteiger charge is -2.07. The van der Waals surface area contributed by atoms with Crippen molar-refractivity contribution < 1.29 is 9.53 Å². The Kier molecular flexibility index (Phi) is 4.89. The van der Waals surface area contributed by atoms with Crippen LogP contribution in [0.25, 0.3) is 10.2 Å². The molecule has 2 aromatic rings. The number of aryl methyl sites for hydroxylation is 2. The van der Waals surface area contributed by atoms with E-state index in [1.54, 1.807) is 11.3 Å². The number of nitrogens with one attached hydrogen (secondary N) is 1. The van der Waals surface area contributed by atoms with Crippen LogP contribution in [0.2, 0.25) is 0 Å². The summed E-state index contributed by atoms with van der Waals surface area (Å²) in [6.45, 7) is 6.83. The molecule has 0 unspecified atom stereocenters. The molecule has 0 atom stereocenters. The van der Waals surface area contributed by atoms with Crippen molar-refractivity contribution in [1.29, 1.82) is 0 Å². The molecule has 1 N–H and O–H groups in total. The smallest absolute Gasteiger partial charge is 0.258 e. The number of hydrogen-bond acceptors (Lipinski definition) is 5. The SMILES string of the molecule is CCCCNC(=O)COc1ncnc2sc(C)c(C)c12. The van der Waals surface area contributed by atoms with Gasteiger partial charge in [-0.3, -0.25) is 4.79 Å². The summed E-state index contributed by atoms with van der Waals surface area (Å²) >= 11 is 1.61. The van der Waals surface area contributed by atoms with Crippen LogP contribution in [0.15, 0.2) is 6.33 Å². The maximum Gasteiger partial charge on any atom is 0.258 e. The Morgan fingerprint density at radius 2 is 2.20 bits per heavy atom. The molecule has 2 heterocycles. The summed E-state index contributed by atoms with van der Waals surface area (Å²) in [4.78, 5) is 22.1. The number of fused-ring (bicyclic) bond motifs is 1. The molecule has 0 saturated heterocycles. The molecule has 0 saturated carbocycles. The zero-order chi connectivity index (χ0) is 14.5. The lowest BCUT2D eigenvalue weighted by atomic mass is 10.2. The number of thiophene rings is 1. The Hall–Kier alpha value is -1.69. The van der Waals surface area contributed by atoms with E-state index in [4.69, 9.17) is 4.74 Å². The van der Waals surface area contributed by atoms with Gasteiger partial charge in [-0.25, -0.2) is 9.97 Å². The van der Waals surface area contributed by atoms with E-state index in [0.29, 0.717) is 12.4 Å². The molecular weight excluding hydrogens is 274 g/mol. The van der Waals surface area contributed by atoms with Gasteiger partial charge in [0.05, 0.1) is 5.39 Å². The van der Waals surface area contributed by atoms with Crippen LogP contribution in [0.3, 0.4) is 0 Å². The van der Waals surface area contributed by atoms with Crippen molar-refractivity contribution in [3.63, 3.8) is 0 Å². The molecule has 0 aliphatic rings. The van der Waals surface area contributed by atoms with Crippen LogP contribution in [0.4, 0.5) is 0 Å². The Balaban J connectivity index is 2.05. The highest BCUT2D eigenvalue weighted by molar-refractivity contribution is 7.18. The van der Waals surface area contributed by atoms with Crippen LogP contribution in [-0.4, -0.2) is 29.0 Å². The first kappa shape index (κ1) is 14.7. The van der Waals surface area contributed by atoms with Gasteiger partial charge >= 0.3 is 0 Å². The van der Waals surface area contributed by atoms with Crippen LogP contribution in [-0.2, 0) is 4.79 Å². The zero-order valence-corrected chi connectivity index (χ0v) is 12.8. The van der Waals surface area contributed by atoms with Crippen molar-refractivity contribution in [2.24, 2.45) is 0 Å². The number of rotatable bonds is 6. The average molecular weight is 293 g/mol. The number of aromatic nitrogens is 2. The van der Waals surface area contributed by atoms with Gasteiger partial charge < -0.3 is 10.1 Å². The van der Waals surface area contributed by atoms with Crippen LogP contribution >= 0.6 is 11.3 Å². The maximum atomic E-state index is 11.6. The normalized spacial score (nSPS) is 10.8. The molecule has 0 bridgehead atoms. The van der Waals surface area contributed by atoms with E-state index in [1.807, 2.05) is 13.8 Å². The number of carbonyl (C=O) groups excluding carboxylic acids is 1. The minimum absolute atomic E-state index is 0.00976. The van der Waals surface area contributed by atoms with Crippen molar-refractivity contribution in [3.8, 4) is 5.88 Å². The highest BCUT2D eigenvalue weighted by atomic mass is 32.1.